The molecular weight excluding hydrogens is 280 g/mol. The van der Waals surface area contributed by atoms with E-state index in [-0.39, 0.29) is 12.4 Å². The first-order valence-electron chi connectivity index (χ1n) is 6.03. The summed E-state index contributed by atoms with van der Waals surface area (Å²) in [5.74, 6) is -0.803. The van der Waals surface area contributed by atoms with Gasteiger partial charge in [-0.1, -0.05) is 5.16 Å². The molecule has 0 aliphatic rings. The quantitative estimate of drug-likeness (QED) is 0.877. The van der Waals surface area contributed by atoms with Crippen molar-refractivity contribution in [3.63, 3.8) is 0 Å². The smallest absolute Gasteiger partial charge is 0.341 e. The molecule has 0 unspecified atom stereocenters. The van der Waals surface area contributed by atoms with Crippen molar-refractivity contribution in [3.05, 3.63) is 34.0 Å². The largest absolute Gasteiger partial charge is 0.462 e. The first-order chi connectivity index (χ1) is 9.51. The van der Waals surface area contributed by atoms with Crippen LogP contribution in [0.3, 0.4) is 0 Å². The summed E-state index contributed by atoms with van der Waals surface area (Å²) < 4.78 is 9.83. The van der Waals surface area contributed by atoms with E-state index >= 15 is 0 Å². The van der Waals surface area contributed by atoms with Crippen molar-refractivity contribution in [2.24, 2.45) is 0 Å². The Labute approximate surface area is 119 Å². The van der Waals surface area contributed by atoms with E-state index in [2.05, 4.69) is 10.5 Å². The summed E-state index contributed by atoms with van der Waals surface area (Å²) in [6.45, 7) is 5.58. The Hall–Kier alpha value is -2.15. The summed E-state index contributed by atoms with van der Waals surface area (Å²) in [7, 11) is 0. The monoisotopic (exact) mass is 294 g/mol. The fourth-order valence-corrected chi connectivity index (χ4v) is 2.50. The van der Waals surface area contributed by atoms with Gasteiger partial charge in [0.25, 0.3) is 5.91 Å². The van der Waals surface area contributed by atoms with Gasteiger partial charge in [-0.15, -0.1) is 11.3 Å². The fourth-order valence-electron chi connectivity index (χ4n) is 1.60. The van der Waals surface area contributed by atoms with Crippen LogP contribution in [0.5, 0.6) is 0 Å². The Balaban J connectivity index is 2.21. The maximum Gasteiger partial charge on any atom is 0.341 e. The molecule has 0 bridgehead atoms. The van der Waals surface area contributed by atoms with Gasteiger partial charge in [0.1, 0.15) is 5.00 Å². The number of aromatic nitrogens is 1. The van der Waals surface area contributed by atoms with Crippen LogP contribution in [0.15, 0.2) is 16.7 Å². The summed E-state index contributed by atoms with van der Waals surface area (Å²) in [4.78, 5) is 24.7. The van der Waals surface area contributed by atoms with E-state index in [9.17, 15) is 9.59 Å². The minimum absolute atomic E-state index is 0.100. The second kappa shape index (κ2) is 5.87. The molecule has 0 aliphatic heterocycles. The lowest BCUT2D eigenvalue weighted by atomic mass is 10.3. The van der Waals surface area contributed by atoms with Gasteiger partial charge in [0.05, 0.1) is 17.9 Å². The van der Waals surface area contributed by atoms with Gasteiger partial charge in [-0.05, 0) is 26.8 Å². The molecule has 1 amide bonds. The van der Waals surface area contributed by atoms with E-state index in [4.69, 9.17) is 9.26 Å². The Kier molecular flexibility index (Phi) is 4.19. The lowest BCUT2D eigenvalue weighted by molar-refractivity contribution is 0.0528. The Morgan fingerprint density at radius 1 is 1.40 bits per heavy atom. The van der Waals surface area contributed by atoms with Gasteiger partial charge in [0, 0.05) is 10.9 Å². The molecule has 106 valence electrons. The molecule has 2 rings (SSSR count). The number of amides is 1. The predicted molar refractivity (Wildman–Crippen MR) is 74.2 cm³/mol. The number of thiophene rings is 1. The highest BCUT2D eigenvalue weighted by molar-refractivity contribution is 7.16. The number of carbonyl (C=O) groups is 2. The third-order valence-electron chi connectivity index (χ3n) is 2.43. The van der Waals surface area contributed by atoms with Gasteiger partial charge < -0.3 is 14.6 Å². The summed E-state index contributed by atoms with van der Waals surface area (Å²) in [6, 6.07) is 3.21. The second-order valence-corrected chi connectivity index (χ2v) is 5.36. The molecule has 2 aromatic heterocycles. The Morgan fingerprint density at radius 2 is 2.15 bits per heavy atom. The zero-order chi connectivity index (χ0) is 14.7. The first-order valence-corrected chi connectivity index (χ1v) is 6.85. The van der Waals surface area contributed by atoms with E-state index in [1.807, 2.05) is 6.92 Å². The Bertz CT molecular complexity index is 645. The van der Waals surface area contributed by atoms with E-state index in [1.165, 1.54) is 17.4 Å². The highest BCUT2D eigenvalue weighted by atomic mass is 32.1. The molecule has 20 heavy (non-hydrogen) atoms. The molecule has 0 radical (unpaired) electrons. The number of anilines is 1. The van der Waals surface area contributed by atoms with Crippen LogP contribution in [-0.4, -0.2) is 23.6 Å². The molecule has 0 saturated heterocycles. The maximum atomic E-state index is 12.0. The minimum atomic E-state index is -0.457. The normalized spacial score (nSPS) is 10.3. The summed E-state index contributed by atoms with van der Waals surface area (Å²) >= 11 is 1.30. The van der Waals surface area contributed by atoms with Crippen LogP contribution < -0.4 is 5.32 Å². The van der Waals surface area contributed by atoms with E-state index < -0.39 is 11.9 Å². The van der Waals surface area contributed by atoms with Crippen LogP contribution >= 0.6 is 11.3 Å². The average molecular weight is 294 g/mol. The van der Waals surface area contributed by atoms with Crippen molar-refractivity contribution in [1.82, 2.24) is 5.16 Å². The van der Waals surface area contributed by atoms with Crippen molar-refractivity contribution >= 4 is 28.2 Å². The third kappa shape index (κ3) is 3.05. The Morgan fingerprint density at radius 3 is 2.75 bits per heavy atom. The molecular formula is C13H14N2O4S. The van der Waals surface area contributed by atoms with Crippen LogP contribution in [-0.2, 0) is 4.74 Å². The van der Waals surface area contributed by atoms with Crippen molar-refractivity contribution in [2.75, 3.05) is 11.9 Å². The van der Waals surface area contributed by atoms with Gasteiger partial charge in [0.15, 0.2) is 0 Å². The molecule has 2 heterocycles. The number of hydrogen-bond donors (Lipinski definition) is 1. The highest BCUT2D eigenvalue weighted by Crippen LogP contribution is 2.28. The summed E-state index contributed by atoms with van der Waals surface area (Å²) in [5, 5.41) is 6.74. The molecule has 0 atom stereocenters. The van der Waals surface area contributed by atoms with Crippen LogP contribution in [0.25, 0.3) is 0 Å². The van der Waals surface area contributed by atoms with E-state index in [1.54, 1.807) is 19.9 Å². The molecule has 1 N–H and O–H groups in total. The number of aryl methyl sites for hydroxylation is 2. The van der Waals surface area contributed by atoms with Crippen LogP contribution in [0, 0.1) is 13.8 Å². The van der Waals surface area contributed by atoms with Crippen LogP contribution in [0.4, 0.5) is 5.00 Å². The molecule has 6 nitrogen and oxygen atoms in total. The first kappa shape index (κ1) is 14.3. The molecule has 0 spiro atoms. The number of esters is 1. The van der Waals surface area contributed by atoms with E-state index in [0.717, 1.165) is 4.88 Å². The SMILES string of the molecule is CCOC(=O)c1cc(C)sc1NC(=O)c1cc(C)no1. The minimum Gasteiger partial charge on any atom is -0.462 e. The number of carbonyl (C=O) groups excluding carboxylic acids is 2. The fraction of sp³-hybridized carbons (Fsp3) is 0.308. The van der Waals surface area contributed by atoms with Crippen LogP contribution in [0.1, 0.15) is 38.4 Å². The lowest BCUT2D eigenvalue weighted by Gasteiger charge is -2.04. The molecule has 0 fully saturated rings. The van der Waals surface area contributed by atoms with Crippen molar-refractivity contribution in [2.45, 2.75) is 20.8 Å². The van der Waals surface area contributed by atoms with Gasteiger partial charge >= 0.3 is 5.97 Å². The molecule has 0 saturated carbocycles. The van der Waals surface area contributed by atoms with Crippen LogP contribution in [0.2, 0.25) is 0 Å². The summed E-state index contributed by atoms with van der Waals surface area (Å²) in [6.07, 6.45) is 0. The number of rotatable bonds is 4. The second-order valence-electron chi connectivity index (χ2n) is 4.11. The number of nitrogens with one attached hydrogen (secondary N) is 1. The third-order valence-corrected chi connectivity index (χ3v) is 3.40. The zero-order valence-electron chi connectivity index (χ0n) is 11.4. The van der Waals surface area contributed by atoms with E-state index in [0.29, 0.717) is 16.3 Å². The number of hydrogen-bond acceptors (Lipinski definition) is 6. The highest BCUT2D eigenvalue weighted by Gasteiger charge is 2.20. The average Bonchev–Trinajstić information content (AvgIpc) is 2.96. The van der Waals surface area contributed by atoms with Crippen molar-refractivity contribution in [3.8, 4) is 0 Å². The topological polar surface area (TPSA) is 81.4 Å². The maximum absolute atomic E-state index is 12.0. The lowest BCUT2D eigenvalue weighted by Crippen LogP contribution is -2.13. The zero-order valence-corrected chi connectivity index (χ0v) is 12.2. The molecule has 0 aliphatic carbocycles. The predicted octanol–water partition coefficient (Wildman–Crippen LogP) is 2.78. The molecule has 0 aromatic carbocycles. The summed E-state index contributed by atoms with van der Waals surface area (Å²) in [5.41, 5.74) is 0.960. The standard InChI is InChI=1S/C13H14N2O4S/c1-4-18-13(17)9-6-8(3)20-12(9)14-11(16)10-5-7(2)15-19-10/h5-6H,4H2,1-3H3,(H,14,16). The van der Waals surface area contributed by atoms with Gasteiger partial charge in [-0.25, -0.2) is 4.79 Å². The van der Waals surface area contributed by atoms with Crippen molar-refractivity contribution < 1.29 is 18.8 Å². The number of nitrogens with zero attached hydrogens (tertiary/aromatic N) is 1. The molecule has 7 heteroatoms. The van der Waals surface area contributed by atoms with Crippen molar-refractivity contribution in [1.29, 1.82) is 0 Å². The van der Waals surface area contributed by atoms with Gasteiger partial charge in [-0.2, -0.15) is 0 Å². The van der Waals surface area contributed by atoms with Gasteiger partial charge in [0.2, 0.25) is 5.76 Å². The number of ether oxygens (including phenoxy) is 1. The van der Waals surface area contributed by atoms with Gasteiger partial charge in [-0.3, -0.25) is 4.79 Å². The molecule has 2 aromatic rings.